The van der Waals surface area contributed by atoms with Gasteiger partial charge in [0.25, 0.3) is 0 Å². The Morgan fingerprint density at radius 1 is 1.06 bits per heavy atom. The normalized spacial score (nSPS) is 11.9. The second-order valence-electron chi connectivity index (χ2n) is 2.92. The summed E-state index contributed by atoms with van der Waals surface area (Å²) in [6.45, 7) is 0. The Morgan fingerprint density at radius 3 is 1.89 bits per heavy atom. The van der Waals surface area contributed by atoms with Crippen LogP contribution in [-0.2, 0) is 12.4 Å². The van der Waals surface area contributed by atoms with Gasteiger partial charge in [0.1, 0.15) is 0 Å². The van der Waals surface area contributed by atoms with Crippen LogP contribution < -0.4 is 0 Å². The van der Waals surface area contributed by atoms with Gasteiger partial charge in [-0.2, -0.15) is 26.3 Å². The van der Waals surface area contributed by atoms with Crippen LogP contribution in [0.25, 0.3) is 0 Å². The summed E-state index contributed by atoms with van der Waals surface area (Å²) in [5.74, 6) is 0. The maximum Gasteiger partial charge on any atom is 0.395 e. The van der Waals surface area contributed by atoms with Crippen LogP contribution in [0, 0.1) is 56.6 Å². The van der Waals surface area contributed by atoms with Gasteiger partial charge in [0.05, 0.1) is 0 Å². The van der Waals surface area contributed by atoms with Crippen molar-refractivity contribution in [3.63, 3.8) is 0 Å². The molecule has 0 fully saturated rings. The molecule has 0 atom stereocenters. The van der Waals surface area contributed by atoms with Gasteiger partial charge in [-0.3, -0.25) is 10.1 Å². The number of benzene rings is 1. The summed E-state index contributed by atoms with van der Waals surface area (Å²) in [5, 5.41) is 10.2. The zero-order valence-corrected chi connectivity index (χ0v) is 11.0. The molecule has 1 aromatic rings. The molecule has 10 heteroatoms. The number of rotatable bonds is 1. The molecule has 1 aromatic carbocycles. The minimum Gasteiger partial charge on any atom is -0.260 e. The molecule has 0 unspecified atom stereocenters. The summed E-state index contributed by atoms with van der Waals surface area (Å²) in [6, 6.07) is 1.04. The van der Waals surface area contributed by atoms with E-state index in [9.17, 15) is 36.5 Å². The zero-order chi connectivity index (χ0) is 13.4. The average Bonchev–Trinajstić information content (AvgIpc) is 2.14. The summed E-state index contributed by atoms with van der Waals surface area (Å²) in [5.41, 5.74) is -4.96. The van der Waals surface area contributed by atoms with Crippen molar-refractivity contribution in [1.82, 2.24) is 0 Å². The monoisotopic (exact) mass is 403 g/mol. The summed E-state index contributed by atoms with van der Waals surface area (Å²) in [4.78, 5) is 8.83. The number of hydrogen-bond acceptors (Lipinski definition) is 2. The second-order valence-corrected chi connectivity index (χ2v) is 2.92. The van der Waals surface area contributed by atoms with Crippen LogP contribution in [-0.4, -0.2) is 4.92 Å². The Bertz CT molecular complexity index is 424. The Kier molecular flexibility index (Phi) is 5.52. The summed E-state index contributed by atoms with van der Waals surface area (Å²) in [6.07, 6.45) is -10.2. The van der Waals surface area contributed by atoms with Gasteiger partial charge in [-0.25, -0.2) is 0 Å². The van der Waals surface area contributed by atoms with Crippen molar-refractivity contribution in [2.24, 2.45) is 0 Å². The first-order valence-electron chi connectivity index (χ1n) is 3.88. The maximum atomic E-state index is 12.2. The number of nitro groups is 1. The minimum atomic E-state index is -5.13. The molecule has 0 heterocycles. The second kappa shape index (κ2) is 5.67. The van der Waals surface area contributed by atoms with Crippen LogP contribution in [0.3, 0.4) is 0 Å². The van der Waals surface area contributed by atoms with Gasteiger partial charge < -0.3 is 0 Å². The number of halogens is 6. The fourth-order valence-electron chi connectivity index (χ4n) is 0.969. The maximum absolute atomic E-state index is 12.2. The fraction of sp³-hybridized carbons (Fsp3) is 0.250. The van der Waals surface area contributed by atoms with Crippen LogP contribution in [0.4, 0.5) is 32.0 Å². The Morgan fingerprint density at radius 2 is 1.56 bits per heavy atom. The number of nitro benzene ring substituents is 1. The molecule has 1 rings (SSSR count). The Balaban J connectivity index is 0.00000289. The molecule has 0 spiro atoms. The molecule has 0 aliphatic rings. The molecule has 18 heavy (non-hydrogen) atoms. The molecule has 0 saturated heterocycles. The van der Waals surface area contributed by atoms with E-state index in [-0.39, 0.29) is 52.5 Å². The molecule has 99 valence electrons. The van der Waals surface area contributed by atoms with Gasteiger partial charge in [0.15, 0.2) is 5.69 Å². The molecule has 0 amide bonds. The van der Waals surface area contributed by atoms with Crippen LogP contribution in [0.5, 0.6) is 0 Å². The van der Waals surface area contributed by atoms with E-state index in [1.54, 1.807) is 0 Å². The molecule has 0 N–H and O–H groups in total. The van der Waals surface area contributed by atoms with Crippen molar-refractivity contribution in [2.75, 3.05) is 0 Å². The van der Waals surface area contributed by atoms with E-state index >= 15 is 0 Å². The SMILES string of the molecule is O=[N+]([O-])c1[c-]c(C(F)(F)F)cc(C(F)(F)F)c1.[Pm]. The third-order valence-corrected chi connectivity index (χ3v) is 1.68. The minimum absolute atomic E-state index is 0. The van der Waals surface area contributed by atoms with Crippen LogP contribution in [0.1, 0.15) is 11.1 Å². The third kappa shape index (κ3) is 4.33. The van der Waals surface area contributed by atoms with Crippen molar-refractivity contribution >= 4 is 5.69 Å². The van der Waals surface area contributed by atoms with Crippen LogP contribution in [0.2, 0.25) is 0 Å². The van der Waals surface area contributed by atoms with Gasteiger partial charge >= 0.3 is 12.4 Å². The zero-order valence-electron chi connectivity index (χ0n) is 8.13. The molecule has 3 nitrogen and oxygen atoms in total. The largest absolute Gasteiger partial charge is 0.395 e. The molecule has 0 aliphatic heterocycles. The Hall–Kier alpha value is -0.462. The van der Waals surface area contributed by atoms with Crippen molar-refractivity contribution in [3.05, 3.63) is 39.4 Å². The van der Waals surface area contributed by atoms with Crippen LogP contribution >= 0.6 is 0 Å². The van der Waals surface area contributed by atoms with E-state index in [4.69, 9.17) is 0 Å². The number of non-ortho nitro benzene ring substituents is 1. The smallest absolute Gasteiger partial charge is 0.260 e. The Labute approximate surface area is 128 Å². The third-order valence-electron chi connectivity index (χ3n) is 1.68. The molecule has 0 saturated carbocycles. The van der Waals surface area contributed by atoms with Gasteiger partial charge in [-0.1, -0.05) is 17.7 Å². The molecule has 0 aromatic heterocycles. The van der Waals surface area contributed by atoms with E-state index in [0.29, 0.717) is 0 Å². The fourth-order valence-corrected chi connectivity index (χ4v) is 0.969. The molecule has 0 aliphatic carbocycles. The predicted octanol–water partition coefficient (Wildman–Crippen LogP) is 3.43. The van der Waals surface area contributed by atoms with E-state index in [0.717, 1.165) is 0 Å². The summed E-state index contributed by atoms with van der Waals surface area (Å²) >= 11 is 0. The van der Waals surface area contributed by atoms with Crippen molar-refractivity contribution in [1.29, 1.82) is 0 Å². The van der Waals surface area contributed by atoms with E-state index < -0.39 is 34.1 Å². The number of hydrogen-bond donors (Lipinski definition) is 0. The first kappa shape index (κ1) is 17.5. The van der Waals surface area contributed by atoms with Gasteiger partial charge in [0, 0.05) is 45.3 Å². The van der Waals surface area contributed by atoms with Crippen molar-refractivity contribution < 1.29 is 71.7 Å². The molecular weight excluding hydrogens is 401 g/mol. The summed E-state index contributed by atoms with van der Waals surface area (Å²) in [7, 11) is 0. The molecule has 0 bridgehead atoms. The first-order valence-corrected chi connectivity index (χ1v) is 3.88. The van der Waals surface area contributed by atoms with Gasteiger partial charge in [-0.05, 0) is 5.56 Å². The topological polar surface area (TPSA) is 43.1 Å². The first-order chi connectivity index (χ1) is 7.51. The molecular formula is C8H2F6NO2Pm-. The number of nitrogens with zero attached hydrogens (tertiary/aromatic N) is 1. The van der Waals surface area contributed by atoms with Gasteiger partial charge in [-0.15, -0.1) is 6.07 Å². The quantitative estimate of drug-likeness (QED) is 0.312. The van der Waals surface area contributed by atoms with Crippen molar-refractivity contribution in [2.45, 2.75) is 12.4 Å². The standard InChI is InChI=1S/C8H2F6NO2.Pm/c9-7(10,11)4-1-5(8(12,13)14)3-6(2-4)15(16)17;/h1-2H;/q-1;. The predicted molar refractivity (Wildman–Crippen MR) is 41.9 cm³/mol. The van der Waals surface area contributed by atoms with E-state index in [1.165, 1.54) is 6.07 Å². The number of alkyl halides is 6. The molecule has 1 radical (unpaired) electrons. The summed E-state index contributed by atoms with van der Waals surface area (Å²) < 4.78 is 73.1. The average molecular weight is 403 g/mol. The van der Waals surface area contributed by atoms with E-state index in [1.807, 2.05) is 0 Å². The van der Waals surface area contributed by atoms with E-state index in [2.05, 4.69) is 0 Å². The van der Waals surface area contributed by atoms with Crippen LogP contribution in [0.15, 0.2) is 12.1 Å². The van der Waals surface area contributed by atoms with Crippen molar-refractivity contribution in [3.8, 4) is 0 Å². The van der Waals surface area contributed by atoms with Gasteiger partial charge in [0.2, 0.25) is 0 Å².